The Bertz CT molecular complexity index is 347. The normalized spacial score (nSPS) is 12.6. The molecule has 0 bridgehead atoms. The standard InChI is InChI=1S/C12H17NO2/c1-8(2)12(14)11(13)9-6-4-5-7-10(9)15-3/h4-8,11H,13H2,1-3H3. The lowest BCUT2D eigenvalue weighted by Crippen LogP contribution is -2.25. The number of ketones is 1. The SMILES string of the molecule is COc1ccccc1C(N)C(=O)C(C)C. The highest BCUT2D eigenvalue weighted by Crippen LogP contribution is 2.25. The third-order valence-corrected chi connectivity index (χ3v) is 2.35. The average molecular weight is 207 g/mol. The zero-order valence-corrected chi connectivity index (χ0v) is 9.36. The number of carbonyl (C=O) groups is 1. The van der Waals surface area contributed by atoms with Crippen LogP contribution in [0, 0.1) is 5.92 Å². The molecule has 0 saturated heterocycles. The first kappa shape index (κ1) is 11.7. The first-order chi connectivity index (χ1) is 7.07. The summed E-state index contributed by atoms with van der Waals surface area (Å²) in [4.78, 5) is 11.7. The molecule has 0 aliphatic carbocycles. The summed E-state index contributed by atoms with van der Waals surface area (Å²) in [5, 5.41) is 0. The van der Waals surface area contributed by atoms with Crippen molar-refractivity contribution in [3.8, 4) is 5.75 Å². The molecular weight excluding hydrogens is 190 g/mol. The maximum Gasteiger partial charge on any atom is 0.156 e. The van der Waals surface area contributed by atoms with Gasteiger partial charge in [-0.05, 0) is 6.07 Å². The molecule has 0 radical (unpaired) electrons. The Morgan fingerprint density at radius 3 is 2.47 bits per heavy atom. The van der Waals surface area contributed by atoms with E-state index in [9.17, 15) is 4.79 Å². The molecule has 1 aromatic rings. The highest BCUT2D eigenvalue weighted by Gasteiger charge is 2.21. The Labute approximate surface area is 90.2 Å². The van der Waals surface area contributed by atoms with E-state index < -0.39 is 6.04 Å². The molecule has 0 fully saturated rings. The predicted molar refractivity (Wildman–Crippen MR) is 59.8 cm³/mol. The number of rotatable bonds is 4. The summed E-state index contributed by atoms with van der Waals surface area (Å²) < 4.78 is 5.16. The van der Waals surface area contributed by atoms with E-state index in [2.05, 4.69) is 0 Å². The maximum atomic E-state index is 11.7. The van der Waals surface area contributed by atoms with E-state index >= 15 is 0 Å². The summed E-state index contributed by atoms with van der Waals surface area (Å²) in [5.41, 5.74) is 6.64. The minimum atomic E-state index is -0.596. The van der Waals surface area contributed by atoms with Crippen LogP contribution in [0.2, 0.25) is 0 Å². The molecule has 0 aromatic heterocycles. The molecule has 0 aliphatic rings. The van der Waals surface area contributed by atoms with E-state index in [1.165, 1.54) is 0 Å². The fourth-order valence-electron chi connectivity index (χ4n) is 1.44. The zero-order valence-electron chi connectivity index (χ0n) is 9.36. The van der Waals surface area contributed by atoms with Gasteiger partial charge >= 0.3 is 0 Å². The van der Waals surface area contributed by atoms with Gasteiger partial charge in [0.05, 0.1) is 13.2 Å². The predicted octanol–water partition coefficient (Wildman–Crippen LogP) is 1.92. The first-order valence-electron chi connectivity index (χ1n) is 5.00. The number of carbonyl (C=O) groups excluding carboxylic acids is 1. The van der Waals surface area contributed by atoms with Crippen LogP contribution in [0.4, 0.5) is 0 Å². The van der Waals surface area contributed by atoms with Gasteiger partial charge in [-0.2, -0.15) is 0 Å². The molecule has 15 heavy (non-hydrogen) atoms. The summed E-state index contributed by atoms with van der Waals surface area (Å²) in [6.45, 7) is 3.69. The van der Waals surface area contributed by atoms with Gasteiger partial charge in [0.2, 0.25) is 0 Å². The summed E-state index contributed by atoms with van der Waals surface area (Å²) >= 11 is 0. The topological polar surface area (TPSA) is 52.3 Å². The minimum Gasteiger partial charge on any atom is -0.496 e. The van der Waals surface area contributed by atoms with Crippen molar-refractivity contribution in [3.63, 3.8) is 0 Å². The van der Waals surface area contributed by atoms with Crippen molar-refractivity contribution in [2.24, 2.45) is 11.7 Å². The van der Waals surface area contributed by atoms with Crippen LogP contribution in [0.3, 0.4) is 0 Å². The van der Waals surface area contributed by atoms with E-state index in [0.29, 0.717) is 5.75 Å². The molecule has 3 heteroatoms. The summed E-state index contributed by atoms with van der Waals surface area (Å²) in [7, 11) is 1.57. The highest BCUT2D eigenvalue weighted by atomic mass is 16.5. The highest BCUT2D eigenvalue weighted by molar-refractivity contribution is 5.87. The van der Waals surface area contributed by atoms with Crippen LogP contribution in [0.25, 0.3) is 0 Å². The van der Waals surface area contributed by atoms with Gasteiger partial charge in [-0.25, -0.2) is 0 Å². The van der Waals surface area contributed by atoms with Gasteiger partial charge in [-0.15, -0.1) is 0 Å². The number of ether oxygens (including phenoxy) is 1. The fourth-order valence-corrected chi connectivity index (χ4v) is 1.44. The van der Waals surface area contributed by atoms with Crippen LogP contribution in [-0.4, -0.2) is 12.9 Å². The Morgan fingerprint density at radius 1 is 1.33 bits per heavy atom. The molecule has 0 saturated carbocycles. The summed E-state index contributed by atoms with van der Waals surface area (Å²) in [5.74, 6) is 0.628. The second kappa shape index (κ2) is 4.94. The smallest absolute Gasteiger partial charge is 0.156 e. The Morgan fingerprint density at radius 2 is 1.93 bits per heavy atom. The Hall–Kier alpha value is -1.35. The molecule has 0 amide bonds. The number of para-hydroxylation sites is 1. The van der Waals surface area contributed by atoms with Gasteiger partial charge in [0.25, 0.3) is 0 Å². The Balaban J connectivity index is 3.00. The number of nitrogens with two attached hydrogens (primary N) is 1. The van der Waals surface area contributed by atoms with Crippen molar-refractivity contribution in [3.05, 3.63) is 29.8 Å². The van der Waals surface area contributed by atoms with Crippen molar-refractivity contribution in [2.45, 2.75) is 19.9 Å². The van der Waals surface area contributed by atoms with Crippen LogP contribution < -0.4 is 10.5 Å². The number of hydrogen-bond acceptors (Lipinski definition) is 3. The number of hydrogen-bond donors (Lipinski definition) is 1. The fraction of sp³-hybridized carbons (Fsp3) is 0.417. The lowest BCUT2D eigenvalue weighted by molar-refractivity contribution is -0.123. The van der Waals surface area contributed by atoms with Gasteiger partial charge in [-0.3, -0.25) is 4.79 Å². The molecule has 1 unspecified atom stereocenters. The molecule has 1 atom stereocenters. The molecule has 0 spiro atoms. The molecule has 3 nitrogen and oxygen atoms in total. The first-order valence-corrected chi connectivity index (χ1v) is 5.00. The number of methoxy groups -OCH3 is 1. The molecular formula is C12H17NO2. The average Bonchev–Trinajstić information content (AvgIpc) is 2.26. The van der Waals surface area contributed by atoms with Crippen molar-refractivity contribution in [2.75, 3.05) is 7.11 Å². The number of Topliss-reactive ketones (excluding diaryl/α,β-unsaturated/α-hetero) is 1. The second-order valence-electron chi connectivity index (χ2n) is 3.78. The van der Waals surface area contributed by atoms with Gasteiger partial charge in [0.1, 0.15) is 5.75 Å². The molecule has 2 N–H and O–H groups in total. The second-order valence-corrected chi connectivity index (χ2v) is 3.78. The van der Waals surface area contributed by atoms with Crippen molar-refractivity contribution < 1.29 is 9.53 Å². The molecule has 1 aromatic carbocycles. The van der Waals surface area contributed by atoms with Crippen LogP contribution in [0.15, 0.2) is 24.3 Å². The monoisotopic (exact) mass is 207 g/mol. The van der Waals surface area contributed by atoms with Gasteiger partial charge in [0, 0.05) is 11.5 Å². The third kappa shape index (κ3) is 2.57. The van der Waals surface area contributed by atoms with Crippen molar-refractivity contribution in [1.29, 1.82) is 0 Å². The van der Waals surface area contributed by atoms with E-state index in [0.717, 1.165) is 5.56 Å². The largest absolute Gasteiger partial charge is 0.496 e. The number of benzene rings is 1. The minimum absolute atomic E-state index is 0.0273. The van der Waals surface area contributed by atoms with Crippen LogP contribution in [0.5, 0.6) is 5.75 Å². The lowest BCUT2D eigenvalue weighted by atomic mass is 9.96. The van der Waals surface area contributed by atoms with Crippen LogP contribution >= 0.6 is 0 Å². The van der Waals surface area contributed by atoms with Crippen LogP contribution in [-0.2, 0) is 4.79 Å². The summed E-state index contributed by atoms with van der Waals surface area (Å²) in [6.07, 6.45) is 0. The van der Waals surface area contributed by atoms with E-state index in [-0.39, 0.29) is 11.7 Å². The van der Waals surface area contributed by atoms with E-state index in [4.69, 9.17) is 10.5 Å². The Kier molecular flexibility index (Phi) is 3.86. The van der Waals surface area contributed by atoms with E-state index in [1.807, 2.05) is 38.1 Å². The van der Waals surface area contributed by atoms with Crippen molar-refractivity contribution in [1.82, 2.24) is 0 Å². The van der Waals surface area contributed by atoms with Crippen molar-refractivity contribution >= 4 is 5.78 Å². The van der Waals surface area contributed by atoms with Gasteiger partial charge in [0.15, 0.2) is 5.78 Å². The quantitative estimate of drug-likeness (QED) is 0.820. The molecule has 0 aliphatic heterocycles. The van der Waals surface area contributed by atoms with Gasteiger partial charge < -0.3 is 10.5 Å². The third-order valence-electron chi connectivity index (χ3n) is 2.35. The molecule has 1 rings (SSSR count). The van der Waals surface area contributed by atoms with E-state index in [1.54, 1.807) is 7.11 Å². The maximum absolute atomic E-state index is 11.7. The van der Waals surface area contributed by atoms with Gasteiger partial charge in [-0.1, -0.05) is 32.0 Å². The summed E-state index contributed by atoms with van der Waals surface area (Å²) in [6, 6.07) is 6.74. The molecule has 0 heterocycles. The lowest BCUT2D eigenvalue weighted by Gasteiger charge is -2.16. The molecule has 82 valence electrons. The van der Waals surface area contributed by atoms with Crippen LogP contribution in [0.1, 0.15) is 25.5 Å². The zero-order chi connectivity index (χ0) is 11.4.